The summed E-state index contributed by atoms with van der Waals surface area (Å²) in [6, 6.07) is 7.27. The lowest BCUT2D eigenvalue weighted by Crippen LogP contribution is -2.48. The maximum Gasteiger partial charge on any atom is 0.315 e. The zero-order valence-electron chi connectivity index (χ0n) is 12.7. The van der Waals surface area contributed by atoms with Gasteiger partial charge in [0.2, 0.25) is 0 Å². The van der Waals surface area contributed by atoms with Crippen LogP contribution in [-0.2, 0) is 6.54 Å². The van der Waals surface area contributed by atoms with Gasteiger partial charge in [-0.3, -0.25) is 4.79 Å². The van der Waals surface area contributed by atoms with E-state index >= 15 is 0 Å². The van der Waals surface area contributed by atoms with Gasteiger partial charge in [-0.2, -0.15) is 0 Å². The van der Waals surface area contributed by atoms with Gasteiger partial charge in [-0.1, -0.05) is 6.07 Å². The molecule has 23 heavy (non-hydrogen) atoms. The van der Waals surface area contributed by atoms with Crippen molar-refractivity contribution in [3.05, 3.63) is 46.5 Å². The summed E-state index contributed by atoms with van der Waals surface area (Å²) < 4.78 is 5.14. The lowest BCUT2D eigenvalue weighted by molar-refractivity contribution is 0.0676. The minimum Gasteiger partial charge on any atom is -0.459 e. The maximum atomic E-state index is 12.2. The highest BCUT2D eigenvalue weighted by Crippen LogP contribution is 2.14. The number of furan rings is 1. The number of amides is 3. The van der Waals surface area contributed by atoms with Crippen LogP contribution in [0.1, 0.15) is 28.3 Å². The highest BCUT2D eigenvalue weighted by Gasteiger charge is 2.25. The number of nitrogens with one attached hydrogen (secondary N) is 2. The molecule has 7 heteroatoms. The van der Waals surface area contributed by atoms with Crippen molar-refractivity contribution in [2.45, 2.75) is 25.4 Å². The molecule has 2 aromatic rings. The minimum absolute atomic E-state index is 0.0874. The average molecular weight is 333 g/mol. The maximum absolute atomic E-state index is 12.2. The molecular formula is C16H19N3O3S. The second-order valence-corrected chi connectivity index (χ2v) is 6.48. The van der Waals surface area contributed by atoms with E-state index in [0.29, 0.717) is 25.4 Å². The van der Waals surface area contributed by atoms with Gasteiger partial charge in [-0.25, -0.2) is 4.79 Å². The summed E-state index contributed by atoms with van der Waals surface area (Å²) >= 11 is 1.62. The number of rotatable bonds is 4. The van der Waals surface area contributed by atoms with E-state index in [9.17, 15) is 9.59 Å². The standard InChI is InChI=1S/C16H19N3O3S/c20-15(14-4-1-9-22-14)19-7-5-12(6-8-19)18-16(21)17-11-13-3-2-10-23-13/h1-4,9-10,12H,5-8,11H2,(H2,17,18,21). The molecule has 1 aliphatic heterocycles. The number of thiophene rings is 1. The van der Waals surface area contributed by atoms with Crippen molar-refractivity contribution in [2.75, 3.05) is 13.1 Å². The molecule has 0 radical (unpaired) electrons. The number of piperidine rings is 1. The summed E-state index contributed by atoms with van der Waals surface area (Å²) in [6.45, 7) is 1.78. The van der Waals surface area contributed by atoms with Gasteiger partial charge < -0.3 is 20.0 Å². The van der Waals surface area contributed by atoms with Crippen molar-refractivity contribution in [3.8, 4) is 0 Å². The van der Waals surface area contributed by atoms with Crippen LogP contribution in [0.3, 0.4) is 0 Å². The fourth-order valence-electron chi connectivity index (χ4n) is 2.60. The highest BCUT2D eigenvalue weighted by molar-refractivity contribution is 7.09. The normalized spacial score (nSPS) is 15.4. The Morgan fingerprint density at radius 1 is 1.26 bits per heavy atom. The Bertz CT molecular complexity index is 632. The number of likely N-dealkylation sites (tertiary alicyclic amines) is 1. The fraction of sp³-hybridized carbons (Fsp3) is 0.375. The van der Waals surface area contributed by atoms with Crippen LogP contribution in [0, 0.1) is 0 Å². The molecule has 2 N–H and O–H groups in total. The van der Waals surface area contributed by atoms with E-state index in [1.54, 1.807) is 28.4 Å². The Balaban J connectivity index is 1.40. The van der Waals surface area contributed by atoms with Crippen molar-refractivity contribution in [2.24, 2.45) is 0 Å². The van der Waals surface area contributed by atoms with Crippen molar-refractivity contribution >= 4 is 23.3 Å². The third kappa shape index (κ3) is 4.13. The Kier molecular flexibility index (Phi) is 4.97. The summed E-state index contributed by atoms with van der Waals surface area (Å²) in [5.41, 5.74) is 0. The molecule has 0 saturated carbocycles. The van der Waals surface area contributed by atoms with Crippen molar-refractivity contribution in [1.29, 1.82) is 0 Å². The molecule has 0 aliphatic carbocycles. The van der Waals surface area contributed by atoms with E-state index in [4.69, 9.17) is 4.42 Å². The number of carbonyl (C=O) groups excluding carboxylic acids is 2. The molecule has 1 fully saturated rings. The van der Waals surface area contributed by atoms with Crippen LogP contribution in [0.15, 0.2) is 40.3 Å². The van der Waals surface area contributed by atoms with Crippen molar-refractivity contribution in [1.82, 2.24) is 15.5 Å². The molecule has 0 spiro atoms. The van der Waals surface area contributed by atoms with Gasteiger partial charge in [0.1, 0.15) is 0 Å². The average Bonchev–Trinajstić information content (AvgIpc) is 3.26. The third-order valence-corrected chi connectivity index (χ3v) is 4.73. The first-order chi connectivity index (χ1) is 11.2. The number of hydrogen-bond donors (Lipinski definition) is 2. The molecule has 0 bridgehead atoms. The highest BCUT2D eigenvalue weighted by atomic mass is 32.1. The Hall–Kier alpha value is -2.28. The van der Waals surface area contributed by atoms with Crippen LogP contribution in [-0.4, -0.2) is 36.0 Å². The van der Waals surface area contributed by atoms with E-state index in [0.717, 1.165) is 17.7 Å². The molecule has 6 nitrogen and oxygen atoms in total. The first kappa shape index (κ1) is 15.6. The number of carbonyl (C=O) groups is 2. The largest absolute Gasteiger partial charge is 0.459 e. The molecule has 3 heterocycles. The van der Waals surface area contributed by atoms with Crippen molar-refractivity contribution in [3.63, 3.8) is 0 Å². The second-order valence-electron chi connectivity index (χ2n) is 5.45. The summed E-state index contributed by atoms with van der Waals surface area (Å²) in [5.74, 6) is 0.278. The van der Waals surface area contributed by atoms with Gasteiger partial charge in [0.05, 0.1) is 12.8 Å². The minimum atomic E-state index is -0.158. The number of urea groups is 1. The smallest absolute Gasteiger partial charge is 0.315 e. The molecule has 3 rings (SSSR count). The SMILES string of the molecule is O=C(NCc1cccs1)NC1CCN(C(=O)c2ccco2)CC1. The second kappa shape index (κ2) is 7.32. The van der Waals surface area contributed by atoms with E-state index < -0.39 is 0 Å². The molecular weight excluding hydrogens is 314 g/mol. The zero-order valence-corrected chi connectivity index (χ0v) is 13.5. The van der Waals surface area contributed by atoms with E-state index in [2.05, 4.69) is 10.6 Å². The molecule has 0 unspecified atom stereocenters. The molecule has 2 aromatic heterocycles. The van der Waals surface area contributed by atoms with Crippen LogP contribution in [0.5, 0.6) is 0 Å². The van der Waals surface area contributed by atoms with Crippen LogP contribution >= 0.6 is 11.3 Å². The van der Waals surface area contributed by atoms with Gasteiger partial charge in [-0.15, -0.1) is 11.3 Å². The van der Waals surface area contributed by atoms with Gasteiger partial charge in [-0.05, 0) is 36.4 Å². The molecule has 122 valence electrons. The summed E-state index contributed by atoms with van der Waals surface area (Å²) in [5, 5.41) is 7.81. The fourth-order valence-corrected chi connectivity index (χ4v) is 3.24. The van der Waals surface area contributed by atoms with Gasteiger partial charge in [0.25, 0.3) is 5.91 Å². The third-order valence-electron chi connectivity index (χ3n) is 3.85. The molecule has 0 aromatic carbocycles. The van der Waals surface area contributed by atoms with Crippen LogP contribution in [0.2, 0.25) is 0 Å². The topological polar surface area (TPSA) is 74.6 Å². The monoisotopic (exact) mass is 333 g/mol. The first-order valence-corrected chi connectivity index (χ1v) is 8.50. The van der Waals surface area contributed by atoms with Crippen LogP contribution in [0.4, 0.5) is 4.79 Å². The summed E-state index contributed by atoms with van der Waals surface area (Å²) in [6.07, 6.45) is 3.00. The van der Waals surface area contributed by atoms with Gasteiger partial charge in [0, 0.05) is 24.0 Å². The lowest BCUT2D eigenvalue weighted by atomic mass is 10.1. The first-order valence-electron chi connectivity index (χ1n) is 7.62. The van der Waals surface area contributed by atoms with Gasteiger partial charge in [0.15, 0.2) is 5.76 Å². The van der Waals surface area contributed by atoms with Crippen LogP contribution < -0.4 is 10.6 Å². The van der Waals surface area contributed by atoms with E-state index in [-0.39, 0.29) is 18.0 Å². The lowest BCUT2D eigenvalue weighted by Gasteiger charge is -2.31. The molecule has 1 saturated heterocycles. The predicted octanol–water partition coefficient (Wildman–Crippen LogP) is 2.45. The number of hydrogen-bond acceptors (Lipinski definition) is 4. The predicted molar refractivity (Wildman–Crippen MR) is 87.3 cm³/mol. The zero-order chi connectivity index (χ0) is 16.1. The summed E-state index contributed by atoms with van der Waals surface area (Å²) in [4.78, 5) is 26.9. The van der Waals surface area contributed by atoms with E-state index in [1.807, 2.05) is 17.5 Å². The van der Waals surface area contributed by atoms with Gasteiger partial charge >= 0.3 is 6.03 Å². The Morgan fingerprint density at radius 2 is 2.09 bits per heavy atom. The van der Waals surface area contributed by atoms with E-state index in [1.165, 1.54) is 6.26 Å². The molecule has 1 aliphatic rings. The Morgan fingerprint density at radius 3 is 2.74 bits per heavy atom. The summed E-state index contributed by atoms with van der Waals surface area (Å²) in [7, 11) is 0. The Labute approximate surface area is 138 Å². The number of nitrogens with zero attached hydrogens (tertiary/aromatic N) is 1. The van der Waals surface area contributed by atoms with Crippen LogP contribution in [0.25, 0.3) is 0 Å². The van der Waals surface area contributed by atoms with Crippen molar-refractivity contribution < 1.29 is 14.0 Å². The molecule has 3 amide bonds. The molecule has 0 atom stereocenters. The quantitative estimate of drug-likeness (QED) is 0.902.